The fraction of sp³-hybridized carbons (Fsp3) is 0.333. The second kappa shape index (κ2) is 11.7. The first kappa shape index (κ1) is 27.8. The van der Waals surface area contributed by atoms with E-state index in [2.05, 4.69) is 17.2 Å². The number of nitrogens with zero attached hydrogens (tertiary/aromatic N) is 1. The zero-order chi connectivity index (χ0) is 27.4. The molecule has 2 heterocycles. The first-order chi connectivity index (χ1) is 18.0. The van der Waals surface area contributed by atoms with Gasteiger partial charge in [-0.15, -0.1) is 0 Å². The minimum absolute atomic E-state index is 0.0626. The predicted octanol–water partition coefficient (Wildman–Crippen LogP) is 4.80. The lowest BCUT2D eigenvalue weighted by Crippen LogP contribution is -2.45. The maximum Gasteiger partial charge on any atom is 0.416 e. The summed E-state index contributed by atoms with van der Waals surface area (Å²) in [5, 5.41) is 5.49. The topological polar surface area (TPSA) is 78.5 Å². The van der Waals surface area contributed by atoms with Crippen molar-refractivity contribution in [3.8, 4) is 11.1 Å². The SMILES string of the molecule is C=C(NC(=S)C1CCN(C(=O)c2ccccc2-c2ccc(C(F)(F)F)cc2)CC1)C(=O)NC1CCSC1=O. The number of thiocarbonyl (C=S) groups is 1. The summed E-state index contributed by atoms with van der Waals surface area (Å²) in [5.74, 6) is -0.0670. The summed E-state index contributed by atoms with van der Waals surface area (Å²) >= 11 is 6.68. The number of hydrogen-bond acceptors (Lipinski definition) is 5. The normalized spacial score (nSPS) is 18.2. The van der Waals surface area contributed by atoms with Gasteiger partial charge in [0.2, 0.25) is 5.12 Å². The lowest BCUT2D eigenvalue weighted by Gasteiger charge is -2.33. The smallest absolute Gasteiger partial charge is 0.346 e. The Morgan fingerprint density at radius 3 is 2.29 bits per heavy atom. The Morgan fingerprint density at radius 2 is 1.68 bits per heavy atom. The van der Waals surface area contributed by atoms with Crippen molar-refractivity contribution in [1.29, 1.82) is 0 Å². The third kappa shape index (κ3) is 6.44. The van der Waals surface area contributed by atoms with Gasteiger partial charge >= 0.3 is 6.18 Å². The Morgan fingerprint density at radius 1 is 1.03 bits per heavy atom. The van der Waals surface area contributed by atoms with Crippen LogP contribution in [0.25, 0.3) is 11.1 Å². The number of halogens is 3. The number of alkyl halides is 3. The summed E-state index contributed by atoms with van der Waals surface area (Å²) in [4.78, 5) is 39.6. The molecule has 2 N–H and O–H groups in total. The van der Waals surface area contributed by atoms with Crippen LogP contribution in [0.2, 0.25) is 0 Å². The molecule has 4 rings (SSSR count). The van der Waals surface area contributed by atoms with E-state index in [4.69, 9.17) is 12.2 Å². The van der Waals surface area contributed by atoms with E-state index in [-0.39, 0.29) is 22.6 Å². The van der Waals surface area contributed by atoms with Gasteiger partial charge in [-0.25, -0.2) is 0 Å². The minimum Gasteiger partial charge on any atom is -0.346 e. The Balaban J connectivity index is 1.34. The number of piperidine rings is 1. The molecule has 38 heavy (non-hydrogen) atoms. The molecule has 6 nitrogen and oxygen atoms in total. The van der Waals surface area contributed by atoms with Gasteiger partial charge in [0.05, 0.1) is 22.3 Å². The number of thioether (sulfide) groups is 1. The van der Waals surface area contributed by atoms with Crippen molar-refractivity contribution < 1.29 is 27.6 Å². The van der Waals surface area contributed by atoms with Gasteiger partial charge in [-0.3, -0.25) is 14.4 Å². The first-order valence-corrected chi connectivity index (χ1v) is 13.5. The number of likely N-dealkylation sites (tertiary alicyclic amines) is 1. The Labute approximate surface area is 228 Å². The molecule has 1 atom stereocenters. The maximum atomic E-state index is 13.4. The zero-order valence-electron chi connectivity index (χ0n) is 20.3. The van der Waals surface area contributed by atoms with Gasteiger partial charge in [-0.05, 0) is 48.6 Å². The van der Waals surface area contributed by atoms with Crippen molar-refractivity contribution in [3.05, 3.63) is 71.9 Å². The van der Waals surface area contributed by atoms with E-state index >= 15 is 0 Å². The number of hydrogen-bond donors (Lipinski definition) is 2. The summed E-state index contributed by atoms with van der Waals surface area (Å²) < 4.78 is 38.9. The minimum atomic E-state index is -4.43. The summed E-state index contributed by atoms with van der Waals surface area (Å²) in [6, 6.07) is 11.1. The number of benzene rings is 2. The van der Waals surface area contributed by atoms with Crippen molar-refractivity contribution in [1.82, 2.24) is 15.5 Å². The first-order valence-electron chi connectivity index (χ1n) is 12.1. The molecule has 2 fully saturated rings. The summed E-state index contributed by atoms with van der Waals surface area (Å²) in [5.41, 5.74) is 0.826. The molecular formula is C27H26F3N3O3S2. The van der Waals surface area contributed by atoms with Crippen LogP contribution >= 0.6 is 24.0 Å². The summed E-state index contributed by atoms with van der Waals surface area (Å²) in [6.07, 6.45) is -2.70. The lowest BCUT2D eigenvalue weighted by atomic mass is 9.94. The average molecular weight is 562 g/mol. The van der Waals surface area contributed by atoms with E-state index in [1.54, 1.807) is 29.2 Å². The highest BCUT2D eigenvalue weighted by atomic mass is 32.2. The number of nitrogens with one attached hydrogen (secondary N) is 2. The standard InChI is InChI=1S/C27H26F3N3O3S2/c1-16(23(34)32-22-12-15-38-26(22)36)31-24(37)18-10-13-33(14-11-18)25(35)21-5-3-2-4-20(21)17-6-8-19(9-7-17)27(28,29)30/h2-9,18,22H,1,10-15H2,(H,31,37)(H,32,34). The van der Waals surface area contributed by atoms with E-state index in [1.165, 1.54) is 23.9 Å². The second-order valence-corrected chi connectivity index (χ2v) is 10.7. The van der Waals surface area contributed by atoms with Crippen LogP contribution in [-0.4, -0.2) is 51.7 Å². The molecule has 2 aliphatic rings. The molecule has 0 bridgehead atoms. The highest BCUT2D eigenvalue weighted by molar-refractivity contribution is 8.14. The number of carbonyl (C=O) groups is 3. The third-order valence-corrected chi connectivity index (χ3v) is 8.07. The number of carbonyl (C=O) groups excluding carboxylic acids is 3. The van der Waals surface area contributed by atoms with E-state index in [0.29, 0.717) is 59.8 Å². The average Bonchev–Trinajstić information content (AvgIpc) is 3.31. The zero-order valence-corrected chi connectivity index (χ0v) is 22.0. The van der Waals surface area contributed by atoms with Crippen molar-refractivity contribution in [2.45, 2.75) is 31.5 Å². The fourth-order valence-electron chi connectivity index (χ4n) is 4.46. The maximum absolute atomic E-state index is 13.4. The van der Waals surface area contributed by atoms with Gasteiger partial charge in [0.15, 0.2) is 0 Å². The van der Waals surface area contributed by atoms with Crippen LogP contribution in [0.1, 0.15) is 35.2 Å². The molecule has 2 aromatic carbocycles. The molecule has 1 unspecified atom stereocenters. The molecule has 0 saturated carbocycles. The second-order valence-electron chi connectivity index (χ2n) is 9.14. The van der Waals surface area contributed by atoms with Gasteiger partial charge < -0.3 is 15.5 Å². The van der Waals surface area contributed by atoms with E-state index in [9.17, 15) is 27.6 Å². The highest BCUT2D eigenvalue weighted by Crippen LogP contribution is 2.32. The van der Waals surface area contributed by atoms with Gasteiger partial charge in [-0.2, -0.15) is 13.2 Å². The molecule has 200 valence electrons. The van der Waals surface area contributed by atoms with Crippen LogP contribution in [0.4, 0.5) is 13.2 Å². The predicted molar refractivity (Wildman–Crippen MR) is 144 cm³/mol. The molecule has 0 spiro atoms. The van der Waals surface area contributed by atoms with Crippen LogP contribution in [0.5, 0.6) is 0 Å². The Hall–Kier alpha value is -3.18. The van der Waals surface area contributed by atoms with Gasteiger partial charge in [0.1, 0.15) is 0 Å². The van der Waals surface area contributed by atoms with Crippen LogP contribution in [0, 0.1) is 5.92 Å². The van der Waals surface area contributed by atoms with E-state index < -0.39 is 23.7 Å². The Bertz CT molecular complexity index is 1260. The largest absolute Gasteiger partial charge is 0.416 e. The molecule has 2 amide bonds. The molecule has 0 radical (unpaired) electrons. The highest BCUT2D eigenvalue weighted by Gasteiger charge is 2.31. The molecule has 2 saturated heterocycles. The molecule has 0 aromatic heterocycles. The molecular weight excluding hydrogens is 535 g/mol. The summed E-state index contributed by atoms with van der Waals surface area (Å²) in [7, 11) is 0. The van der Waals surface area contributed by atoms with Crippen LogP contribution in [0.3, 0.4) is 0 Å². The van der Waals surface area contributed by atoms with Gasteiger partial charge in [-0.1, -0.05) is 60.9 Å². The van der Waals surface area contributed by atoms with Crippen LogP contribution < -0.4 is 10.6 Å². The van der Waals surface area contributed by atoms with E-state index in [1.807, 2.05) is 0 Å². The van der Waals surface area contributed by atoms with Crippen molar-refractivity contribution in [2.75, 3.05) is 18.8 Å². The van der Waals surface area contributed by atoms with Crippen LogP contribution in [0.15, 0.2) is 60.8 Å². The number of rotatable bonds is 6. The third-order valence-electron chi connectivity index (χ3n) is 6.62. The van der Waals surface area contributed by atoms with E-state index in [0.717, 1.165) is 12.1 Å². The number of amides is 2. The molecule has 2 aliphatic heterocycles. The van der Waals surface area contributed by atoms with Crippen LogP contribution in [-0.2, 0) is 15.8 Å². The van der Waals surface area contributed by atoms with Crippen molar-refractivity contribution in [2.24, 2.45) is 5.92 Å². The monoisotopic (exact) mass is 561 g/mol. The van der Waals surface area contributed by atoms with Crippen molar-refractivity contribution in [3.63, 3.8) is 0 Å². The van der Waals surface area contributed by atoms with Gasteiger partial charge in [0, 0.05) is 30.3 Å². The van der Waals surface area contributed by atoms with Gasteiger partial charge in [0.25, 0.3) is 11.8 Å². The van der Waals surface area contributed by atoms with Crippen molar-refractivity contribution >= 4 is 45.9 Å². The molecule has 11 heteroatoms. The fourth-order valence-corrected chi connectivity index (χ4v) is 5.75. The quantitative estimate of drug-likeness (QED) is 0.390. The Kier molecular flexibility index (Phi) is 8.57. The molecule has 2 aromatic rings. The lowest BCUT2D eigenvalue weighted by molar-refractivity contribution is -0.137. The summed E-state index contributed by atoms with van der Waals surface area (Å²) in [6.45, 7) is 4.60. The molecule has 0 aliphatic carbocycles.